The number of benzene rings is 2. The van der Waals surface area contributed by atoms with E-state index < -0.39 is 0 Å². The topological polar surface area (TPSA) is 73.8 Å². The average Bonchev–Trinajstić information content (AvgIpc) is 2.64. The zero-order chi connectivity index (χ0) is 19.1. The highest BCUT2D eigenvalue weighted by Gasteiger charge is 2.12. The van der Waals surface area contributed by atoms with Crippen molar-refractivity contribution >= 4 is 16.9 Å². The Morgan fingerprint density at radius 2 is 1.74 bits per heavy atom. The quantitative estimate of drug-likeness (QED) is 0.590. The van der Waals surface area contributed by atoms with E-state index in [9.17, 15) is 4.79 Å². The van der Waals surface area contributed by atoms with Gasteiger partial charge in [-0.25, -0.2) is 9.97 Å². The molecule has 0 radical (unpaired) electrons. The molecule has 0 spiro atoms. The predicted octanol–water partition coefficient (Wildman–Crippen LogP) is 3.96. The van der Waals surface area contributed by atoms with E-state index in [1.165, 1.54) is 5.56 Å². The van der Waals surface area contributed by atoms with Gasteiger partial charge in [0.05, 0.1) is 11.1 Å². The highest BCUT2D eigenvalue weighted by molar-refractivity contribution is 5.85. The minimum absolute atomic E-state index is 0.0473. The van der Waals surface area contributed by atoms with Crippen LogP contribution in [0.1, 0.15) is 16.7 Å². The van der Waals surface area contributed by atoms with Gasteiger partial charge >= 0.3 is 0 Å². The van der Waals surface area contributed by atoms with E-state index in [2.05, 4.69) is 16.9 Å². The Morgan fingerprint density at radius 1 is 0.926 bits per heavy atom. The largest absolute Gasteiger partial charge is 0.368 e. The smallest absolute Gasteiger partial charge is 0.263 e. The highest BCUT2D eigenvalue weighted by Crippen LogP contribution is 2.24. The van der Waals surface area contributed by atoms with E-state index in [1.54, 1.807) is 10.8 Å². The van der Waals surface area contributed by atoms with E-state index >= 15 is 0 Å². The minimum Gasteiger partial charge on any atom is -0.368 e. The number of nitrogens with zero attached hydrogens (tertiary/aromatic N) is 3. The molecule has 134 valence electrons. The van der Waals surface area contributed by atoms with Crippen LogP contribution in [0.3, 0.4) is 0 Å². The number of hydrogen-bond donors (Lipinski definition) is 1. The molecule has 0 bridgehead atoms. The SMILES string of the molecule is Cc1ccc(-n2ccc(C)c(-c3ccc4nc(N)ncc4c3)c2=O)cc1C. The summed E-state index contributed by atoms with van der Waals surface area (Å²) in [7, 11) is 0. The van der Waals surface area contributed by atoms with Crippen LogP contribution in [0.25, 0.3) is 27.7 Å². The van der Waals surface area contributed by atoms with Crippen molar-refractivity contribution in [3.8, 4) is 16.8 Å². The molecule has 2 heterocycles. The molecule has 0 amide bonds. The first-order chi connectivity index (χ1) is 12.9. The minimum atomic E-state index is -0.0473. The van der Waals surface area contributed by atoms with Crippen molar-refractivity contribution < 1.29 is 0 Å². The van der Waals surface area contributed by atoms with Crippen LogP contribution < -0.4 is 11.3 Å². The van der Waals surface area contributed by atoms with Gasteiger partial charge in [0.1, 0.15) is 0 Å². The molecule has 27 heavy (non-hydrogen) atoms. The van der Waals surface area contributed by atoms with E-state index in [1.807, 2.05) is 62.5 Å². The van der Waals surface area contributed by atoms with Gasteiger partial charge in [0, 0.05) is 23.5 Å². The average molecular weight is 356 g/mol. The predicted molar refractivity (Wildman–Crippen MR) is 109 cm³/mol. The van der Waals surface area contributed by atoms with Gasteiger partial charge < -0.3 is 5.73 Å². The second-order valence-electron chi connectivity index (χ2n) is 6.82. The number of rotatable bonds is 2. The Balaban J connectivity index is 1.92. The fourth-order valence-corrected chi connectivity index (χ4v) is 3.26. The summed E-state index contributed by atoms with van der Waals surface area (Å²) in [5.74, 6) is 0.239. The highest BCUT2D eigenvalue weighted by atomic mass is 16.1. The van der Waals surface area contributed by atoms with Gasteiger partial charge in [-0.05, 0) is 73.4 Å². The number of hydrogen-bond acceptors (Lipinski definition) is 4. The summed E-state index contributed by atoms with van der Waals surface area (Å²) in [6.45, 7) is 6.06. The second-order valence-corrected chi connectivity index (χ2v) is 6.82. The van der Waals surface area contributed by atoms with Crippen LogP contribution in [0.5, 0.6) is 0 Å². The number of fused-ring (bicyclic) bond motifs is 1. The summed E-state index contributed by atoms with van der Waals surface area (Å²) < 4.78 is 1.69. The summed E-state index contributed by atoms with van der Waals surface area (Å²) in [6, 6.07) is 13.7. The van der Waals surface area contributed by atoms with Gasteiger partial charge in [-0.15, -0.1) is 0 Å². The molecule has 0 aliphatic rings. The zero-order valence-corrected chi connectivity index (χ0v) is 15.5. The molecular formula is C22H20N4O. The number of aromatic nitrogens is 3. The van der Waals surface area contributed by atoms with Crippen molar-refractivity contribution in [2.75, 3.05) is 5.73 Å². The molecule has 2 N–H and O–H groups in total. The van der Waals surface area contributed by atoms with Crippen molar-refractivity contribution in [2.24, 2.45) is 0 Å². The molecule has 0 aliphatic heterocycles. The molecule has 0 saturated heterocycles. The first-order valence-corrected chi connectivity index (χ1v) is 8.76. The number of nitrogens with two attached hydrogens (primary N) is 1. The van der Waals surface area contributed by atoms with Crippen LogP contribution in [0, 0.1) is 20.8 Å². The third-order valence-corrected chi connectivity index (χ3v) is 4.96. The molecule has 2 aromatic heterocycles. The Labute approximate surface area is 157 Å². The molecule has 4 rings (SSSR count). The Bertz CT molecular complexity index is 1240. The molecule has 0 atom stereocenters. The van der Waals surface area contributed by atoms with Crippen LogP contribution in [-0.4, -0.2) is 14.5 Å². The van der Waals surface area contributed by atoms with Crippen molar-refractivity contribution in [1.29, 1.82) is 0 Å². The number of anilines is 1. The maximum Gasteiger partial charge on any atom is 0.263 e. The summed E-state index contributed by atoms with van der Waals surface area (Å²) in [5.41, 5.74) is 12.0. The molecule has 0 aliphatic carbocycles. The van der Waals surface area contributed by atoms with E-state index in [0.717, 1.165) is 33.3 Å². The molecule has 4 aromatic rings. The summed E-state index contributed by atoms with van der Waals surface area (Å²) in [5, 5.41) is 0.849. The molecular weight excluding hydrogens is 336 g/mol. The van der Waals surface area contributed by atoms with Crippen molar-refractivity contribution in [2.45, 2.75) is 20.8 Å². The van der Waals surface area contributed by atoms with Gasteiger partial charge in [0.15, 0.2) is 0 Å². The summed E-state index contributed by atoms with van der Waals surface area (Å²) in [4.78, 5) is 21.6. The molecule has 5 heteroatoms. The number of nitrogen functional groups attached to an aromatic ring is 1. The molecule has 5 nitrogen and oxygen atoms in total. The lowest BCUT2D eigenvalue weighted by atomic mass is 10.0. The van der Waals surface area contributed by atoms with Gasteiger partial charge in [-0.2, -0.15) is 0 Å². The lowest BCUT2D eigenvalue weighted by molar-refractivity contribution is 0.981. The Kier molecular flexibility index (Phi) is 4.00. The number of pyridine rings is 1. The first kappa shape index (κ1) is 17.0. The standard InChI is InChI=1S/C22H20N4O/c1-13-4-6-18(10-15(13)3)26-9-8-14(2)20(21(26)27)16-5-7-19-17(11-16)12-24-22(23)25-19/h4-12H,1-3H3,(H2,23,24,25). The monoisotopic (exact) mass is 356 g/mol. The third kappa shape index (κ3) is 2.97. The second kappa shape index (κ2) is 6.36. The zero-order valence-electron chi connectivity index (χ0n) is 15.5. The van der Waals surface area contributed by atoms with Gasteiger partial charge in [0.25, 0.3) is 5.56 Å². The van der Waals surface area contributed by atoms with E-state index in [0.29, 0.717) is 5.56 Å². The van der Waals surface area contributed by atoms with Crippen molar-refractivity contribution in [3.63, 3.8) is 0 Å². The van der Waals surface area contributed by atoms with Gasteiger partial charge in [0.2, 0.25) is 5.95 Å². The van der Waals surface area contributed by atoms with E-state index in [4.69, 9.17) is 5.73 Å². The number of aryl methyl sites for hydroxylation is 3. The van der Waals surface area contributed by atoms with Crippen LogP contribution in [0.15, 0.2) is 59.7 Å². The molecule has 0 saturated carbocycles. The summed E-state index contributed by atoms with van der Waals surface area (Å²) >= 11 is 0. The van der Waals surface area contributed by atoms with Gasteiger partial charge in [-0.3, -0.25) is 9.36 Å². The lowest BCUT2D eigenvalue weighted by Gasteiger charge is -2.13. The summed E-state index contributed by atoms with van der Waals surface area (Å²) in [6.07, 6.45) is 3.51. The van der Waals surface area contributed by atoms with Crippen molar-refractivity contribution in [3.05, 3.63) is 81.9 Å². The van der Waals surface area contributed by atoms with Crippen LogP contribution in [-0.2, 0) is 0 Å². The molecule has 0 fully saturated rings. The Morgan fingerprint density at radius 3 is 2.52 bits per heavy atom. The van der Waals surface area contributed by atoms with Gasteiger partial charge in [-0.1, -0.05) is 12.1 Å². The normalized spacial score (nSPS) is 11.1. The molecule has 0 unspecified atom stereocenters. The van der Waals surface area contributed by atoms with Crippen LogP contribution >= 0.6 is 0 Å². The fourth-order valence-electron chi connectivity index (χ4n) is 3.26. The first-order valence-electron chi connectivity index (χ1n) is 8.76. The fraction of sp³-hybridized carbons (Fsp3) is 0.136. The lowest BCUT2D eigenvalue weighted by Crippen LogP contribution is -2.20. The Hall–Kier alpha value is -3.47. The third-order valence-electron chi connectivity index (χ3n) is 4.96. The maximum atomic E-state index is 13.3. The van der Waals surface area contributed by atoms with Crippen molar-refractivity contribution in [1.82, 2.24) is 14.5 Å². The maximum absolute atomic E-state index is 13.3. The molecule has 2 aromatic carbocycles. The van der Waals surface area contributed by atoms with Crippen LogP contribution in [0.2, 0.25) is 0 Å². The van der Waals surface area contributed by atoms with Crippen LogP contribution in [0.4, 0.5) is 5.95 Å². The van der Waals surface area contributed by atoms with E-state index in [-0.39, 0.29) is 11.5 Å².